The number of rotatable bonds is 10. The molecule has 1 aliphatic carbocycles. The van der Waals surface area contributed by atoms with E-state index in [1.807, 2.05) is 59.5 Å². The Morgan fingerprint density at radius 3 is 2.41 bits per heavy atom. The standard InChI is InChI=1S/C23H28N2O4/c1-28-21-13-9-18(10-14-21)16-25(20-11-12-20)22(26)8-5-15-24-23(27)29-17-19-6-3-2-4-7-19/h2-4,6-7,9-10,13-14,20H,5,8,11-12,15-17H2,1H3,(H,24,27). The van der Waals surface area contributed by atoms with Crippen molar-refractivity contribution >= 4 is 12.0 Å². The number of nitrogens with zero attached hydrogens (tertiary/aromatic N) is 1. The first-order chi connectivity index (χ1) is 14.2. The molecule has 0 radical (unpaired) electrons. The van der Waals surface area contributed by atoms with Gasteiger partial charge in [-0.25, -0.2) is 4.79 Å². The molecule has 0 heterocycles. The number of nitrogens with one attached hydrogen (secondary N) is 1. The molecule has 0 unspecified atom stereocenters. The summed E-state index contributed by atoms with van der Waals surface area (Å²) in [5, 5.41) is 2.71. The molecule has 154 valence electrons. The number of hydrogen-bond donors (Lipinski definition) is 1. The highest BCUT2D eigenvalue weighted by Gasteiger charge is 2.32. The third kappa shape index (κ3) is 6.82. The first kappa shape index (κ1) is 20.7. The SMILES string of the molecule is COc1ccc(CN(C(=O)CCCNC(=O)OCc2ccccc2)C2CC2)cc1. The summed E-state index contributed by atoms with van der Waals surface area (Å²) in [6.45, 7) is 1.27. The maximum absolute atomic E-state index is 12.7. The summed E-state index contributed by atoms with van der Waals surface area (Å²) in [4.78, 5) is 26.4. The summed E-state index contributed by atoms with van der Waals surface area (Å²) in [7, 11) is 1.64. The molecule has 0 aliphatic heterocycles. The normalized spacial score (nSPS) is 12.9. The quantitative estimate of drug-likeness (QED) is 0.619. The Morgan fingerprint density at radius 2 is 1.76 bits per heavy atom. The molecule has 1 N–H and O–H groups in total. The van der Waals surface area contributed by atoms with Crippen LogP contribution in [0.1, 0.15) is 36.8 Å². The Hall–Kier alpha value is -3.02. The van der Waals surface area contributed by atoms with Crippen molar-refractivity contribution in [1.82, 2.24) is 10.2 Å². The van der Waals surface area contributed by atoms with Crippen LogP contribution in [-0.4, -0.2) is 36.6 Å². The van der Waals surface area contributed by atoms with Gasteiger partial charge < -0.3 is 19.7 Å². The summed E-state index contributed by atoms with van der Waals surface area (Å²) in [5.41, 5.74) is 2.03. The van der Waals surface area contributed by atoms with E-state index in [0.717, 1.165) is 29.7 Å². The van der Waals surface area contributed by atoms with Crippen LogP contribution in [0.5, 0.6) is 5.75 Å². The number of benzene rings is 2. The van der Waals surface area contributed by atoms with Crippen LogP contribution in [0.2, 0.25) is 0 Å². The van der Waals surface area contributed by atoms with Gasteiger partial charge in [0.05, 0.1) is 7.11 Å². The molecule has 1 saturated carbocycles. The predicted molar refractivity (Wildman–Crippen MR) is 110 cm³/mol. The molecule has 1 fully saturated rings. The average Bonchev–Trinajstić information content (AvgIpc) is 3.60. The first-order valence-corrected chi connectivity index (χ1v) is 10.0. The lowest BCUT2D eigenvalue weighted by Gasteiger charge is -2.23. The van der Waals surface area contributed by atoms with Gasteiger partial charge >= 0.3 is 6.09 Å². The molecule has 3 rings (SSSR count). The second-order valence-electron chi connectivity index (χ2n) is 7.19. The second kappa shape index (κ2) is 10.5. The van der Waals surface area contributed by atoms with Gasteiger partial charge in [0, 0.05) is 25.6 Å². The maximum Gasteiger partial charge on any atom is 0.407 e. The van der Waals surface area contributed by atoms with E-state index < -0.39 is 6.09 Å². The van der Waals surface area contributed by atoms with E-state index in [1.54, 1.807) is 7.11 Å². The summed E-state index contributed by atoms with van der Waals surface area (Å²) >= 11 is 0. The van der Waals surface area contributed by atoms with Gasteiger partial charge in [-0.05, 0) is 42.5 Å². The number of carbonyl (C=O) groups excluding carboxylic acids is 2. The van der Waals surface area contributed by atoms with E-state index in [9.17, 15) is 9.59 Å². The van der Waals surface area contributed by atoms with Crippen molar-refractivity contribution in [3.8, 4) is 5.75 Å². The minimum atomic E-state index is -0.460. The minimum absolute atomic E-state index is 0.128. The third-order valence-corrected chi connectivity index (χ3v) is 4.87. The molecule has 0 atom stereocenters. The summed E-state index contributed by atoms with van der Waals surface area (Å²) in [6, 6.07) is 17.7. The Kier molecular flexibility index (Phi) is 7.50. The van der Waals surface area contributed by atoms with Crippen LogP contribution in [0.3, 0.4) is 0 Å². The summed E-state index contributed by atoms with van der Waals surface area (Å²) < 4.78 is 10.4. The molecule has 0 saturated heterocycles. The molecule has 2 aromatic rings. The van der Waals surface area contributed by atoms with E-state index in [4.69, 9.17) is 9.47 Å². The second-order valence-corrected chi connectivity index (χ2v) is 7.19. The predicted octanol–water partition coefficient (Wildman–Crippen LogP) is 3.89. The van der Waals surface area contributed by atoms with Crippen LogP contribution in [0, 0.1) is 0 Å². The van der Waals surface area contributed by atoms with Crippen LogP contribution < -0.4 is 10.1 Å². The zero-order valence-corrected chi connectivity index (χ0v) is 16.8. The first-order valence-electron chi connectivity index (χ1n) is 10.0. The molecule has 2 aromatic carbocycles. The highest BCUT2D eigenvalue weighted by atomic mass is 16.5. The number of ether oxygens (including phenoxy) is 2. The van der Waals surface area contributed by atoms with E-state index >= 15 is 0 Å². The van der Waals surface area contributed by atoms with Gasteiger partial charge in [-0.15, -0.1) is 0 Å². The molecule has 29 heavy (non-hydrogen) atoms. The van der Waals surface area contributed by atoms with Gasteiger partial charge in [0.1, 0.15) is 12.4 Å². The fraction of sp³-hybridized carbons (Fsp3) is 0.391. The zero-order chi connectivity index (χ0) is 20.5. The monoisotopic (exact) mass is 396 g/mol. The molecule has 0 aromatic heterocycles. The highest BCUT2D eigenvalue weighted by molar-refractivity contribution is 5.77. The average molecular weight is 396 g/mol. The van der Waals surface area contributed by atoms with Crippen LogP contribution in [-0.2, 0) is 22.7 Å². The van der Waals surface area contributed by atoms with Crippen molar-refractivity contribution in [1.29, 1.82) is 0 Å². The third-order valence-electron chi connectivity index (χ3n) is 4.87. The van der Waals surface area contributed by atoms with Crippen LogP contribution >= 0.6 is 0 Å². The lowest BCUT2D eigenvalue weighted by Crippen LogP contribution is -2.33. The zero-order valence-electron chi connectivity index (χ0n) is 16.8. The Labute approximate surface area is 171 Å². The van der Waals surface area contributed by atoms with Crippen LogP contribution in [0.25, 0.3) is 0 Å². The maximum atomic E-state index is 12.7. The van der Waals surface area contributed by atoms with Crippen molar-refractivity contribution < 1.29 is 19.1 Å². The Morgan fingerprint density at radius 1 is 1.03 bits per heavy atom. The van der Waals surface area contributed by atoms with Gasteiger partial charge in [0.15, 0.2) is 0 Å². The van der Waals surface area contributed by atoms with Gasteiger partial charge in [-0.1, -0.05) is 42.5 Å². The molecule has 0 spiro atoms. The van der Waals surface area contributed by atoms with E-state index in [-0.39, 0.29) is 12.5 Å². The number of alkyl carbamates (subject to hydrolysis) is 1. The molecular formula is C23H28N2O4. The van der Waals surface area contributed by atoms with Crippen molar-refractivity contribution in [3.05, 3.63) is 65.7 Å². The Bertz CT molecular complexity index is 788. The number of carbonyl (C=O) groups is 2. The van der Waals surface area contributed by atoms with E-state index in [0.29, 0.717) is 32.0 Å². The molecule has 6 heteroatoms. The largest absolute Gasteiger partial charge is 0.497 e. The van der Waals surface area contributed by atoms with E-state index in [2.05, 4.69) is 5.32 Å². The van der Waals surface area contributed by atoms with Gasteiger partial charge in [0.2, 0.25) is 5.91 Å². The lowest BCUT2D eigenvalue weighted by atomic mass is 10.2. The van der Waals surface area contributed by atoms with Gasteiger partial charge in [-0.3, -0.25) is 4.79 Å². The molecule has 6 nitrogen and oxygen atoms in total. The fourth-order valence-electron chi connectivity index (χ4n) is 3.08. The van der Waals surface area contributed by atoms with Crippen molar-refractivity contribution in [2.24, 2.45) is 0 Å². The number of amides is 2. The highest BCUT2D eigenvalue weighted by Crippen LogP contribution is 2.29. The number of hydrogen-bond acceptors (Lipinski definition) is 4. The topological polar surface area (TPSA) is 67.9 Å². The van der Waals surface area contributed by atoms with Crippen molar-refractivity contribution in [3.63, 3.8) is 0 Å². The van der Waals surface area contributed by atoms with Crippen molar-refractivity contribution in [2.45, 2.75) is 44.9 Å². The fourth-order valence-corrected chi connectivity index (χ4v) is 3.08. The van der Waals surface area contributed by atoms with Crippen molar-refractivity contribution in [2.75, 3.05) is 13.7 Å². The molecular weight excluding hydrogens is 368 g/mol. The molecule has 1 aliphatic rings. The lowest BCUT2D eigenvalue weighted by molar-refractivity contribution is -0.132. The van der Waals surface area contributed by atoms with Crippen LogP contribution in [0.4, 0.5) is 4.79 Å². The molecule has 2 amide bonds. The van der Waals surface area contributed by atoms with Crippen LogP contribution in [0.15, 0.2) is 54.6 Å². The summed E-state index contributed by atoms with van der Waals surface area (Å²) in [6.07, 6.45) is 2.66. The molecule has 0 bridgehead atoms. The Balaban J connectivity index is 1.37. The van der Waals surface area contributed by atoms with Gasteiger partial charge in [-0.2, -0.15) is 0 Å². The van der Waals surface area contributed by atoms with E-state index in [1.165, 1.54) is 0 Å². The summed E-state index contributed by atoms with van der Waals surface area (Å²) in [5.74, 6) is 0.936. The minimum Gasteiger partial charge on any atom is -0.497 e. The smallest absolute Gasteiger partial charge is 0.407 e. The van der Waals surface area contributed by atoms with Gasteiger partial charge in [0.25, 0.3) is 0 Å². The number of methoxy groups -OCH3 is 1.